The second-order valence-electron chi connectivity index (χ2n) is 14.8. The zero-order valence-electron chi connectivity index (χ0n) is 31.7. The molecule has 6 aromatic rings. The molecule has 0 aliphatic heterocycles. The molecule has 2 N–H and O–H groups in total. The van der Waals surface area contributed by atoms with Gasteiger partial charge in [0.1, 0.15) is 0 Å². The number of rotatable bonds is 6. The summed E-state index contributed by atoms with van der Waals surface area (Å²) in [6.45, 7) is 4.09. The normalized spacial score (nSPS) is 14.3. The fraction of sp³-hybridized carbons (Fsp3) is 0.306. The molecule has 2 fully saturated rings. The highest BCUT2D eigenvalue weighted by molar-refractivity contribution is 6.58. The average molecular weight is 751 g/mol. The van der Waals surface area contributed by atoms with Gasteiger partial charge in [0, 0.05) is 28.5 Å². The Morgan fingerprint density at radius 1 is 0.527 bits per heavy atom. The number of nitrogens with zero attached hydrogens (tertiary/aromatic N) is 2. The van der Waals surface area contributed by atoms with Gasteiger partial charge in [0.25, 0.3) is 0 Å². The van der Waals surface area contributed by atoms with Crippen LogP contribution in [0, 0.1) is 13.8 Å². The quantitative estimate of drug-likeness (QED) is 0.166. The molecular weight excluding hydrogens is 695 g/mol. The first kappa shape index (κ1) is 41.6. The molecule has 0 amide bonds. The summed E-state index contributed by atoms with van der Waals surface area (Å²) in [5.41, 5.74) is 12.5. The van der Waals surface area contributed by atoms with Crippen LogP contribution in [0.15, 0.2) is 134 Å². The van der Waals surface area contributed by atoms with Gasteiger partial charge in [-0.3, -0.25) is 9.97 Å². The fourth-order valence-corrected chi connectivity index (χ4v) is 7.77. The van der Waals surface area contributed by atoms with Gasteiger partial charge in [-0.2, -0.15) is 0 Å². The summed E-state index contributed by atoms with van der Waals surface area (Å²) in [6, 6.07) is 41.5. The zero-order valence-corrected chi connectivity index (χ0v) is 32.4. The molecule has 4 aromatic carbocycles. The van der Waals surface area contributed by atoms with Crippen LogP contribution in [0.5, 0.6) is 0 Å². The molecule has 2 heterocycles. The third-order valence-electron chi connectivity index (χ3n) is 10.9. The summed E-state index contributed by atoms with van der Waals surface area (Å²) >= 11 is 6.02. The first-order chi connectivity index (χ1) is 26.4. The van der Waals surface area contributed by atoms with Crippen LogP contribution in [0.25, 0.3) is 33.6 Å². The van der Waals surface area contributed by atoms with E-state index in [0.717, 1.165) is 33.5 Å². The minimum atomic E-state index is -1.34. The molecule has 0 unspecified atom stereocenters. The molecule has 2 aliphatic rings. The van der Waals surface area contributed by atoms with Crippen molar-refractivity contribution in [1.29, 1.82) is 0 Å². The highest BCUT2D eigenvalue weighted by Gasteiger charge is 2.17. The minimum absolute atomic E-state index is 0. The Kier molecular flexibility index (Phi) is 15.8. The average Bonchev–Trinajstić information content (AvgIpc) is 3.24. The summed E-state index contributed by atoms with van der Waals surface area (Å²) in [5, 5.41) is 18.7. The largest absolute Gasteiger partial charge is 0.488 e. The van der Waals surface area contributed by atoms with Gasteiger partial charge in [0.2, 0.25) is 0 Å². The van der Waals surface area contributed by atoms with Gasteiger partial charge in [-0.15, -0.1) is 0 Å². The van der Waals surface area contributed by atoms with E-state index in [1.54, 1.807) is 6.20 Å². The van der Waals surface area contributed by atoms with E-state index in [1.165, 1.54) is 97.6 Å². The third-order valence-corrected chi connectivity index (χ3v) is 11.3. The fourth-order valence-electron chi connectivity index (χ4n) is 7.61. The molecule has 55 heavy (non-hydrogen) atoms. The van der Waals surface area contributed by atoms with Crippen molar-refractivity contribution in [2.75, 3.05) is 0 Å². The van der Waals surface area contributed by atoms with Gasteiger partial charge in [0.15, 0.2) is 0 Å². The first-order valence-corrected chi connectivity index (χ1v) is 20.0. The Balaban J connectivity index is 0.000000167. The predicted molar refractivity (Wildman–Crippen MR) is 234 cm³/mol. The highest BCUT2D eigenvalue weighted by atomic mass is 35.5. The second-order valence-corrected chi connectivity index (χ2v) is 15.2. The number of aryl methyl sites for hydroxylation is 2. The minimum Gasteiger partial charge on any atom is -0.423 e. The molecule has 2 aliphatic carbocycles. The van der Waals surface area contributed by atoms with Crippen molar-refractivity contribution in [1.82, 2.24) is 9.97 Å². The van der Waals surface area contributed by atoms with Gasteiger partial charge in [-0.1, -0.05) is 167 Å². The molecule has 0 spiro atoms. The van der Waals surface area contributed by atoms with Crippen LogP contribution in [-0.2, 0) is 0 Å². The molecule has 6 heteroatoms. The lowest BCUT2D eigenvalue weighted by Gasteiger charge is -2.22. The van der Waals surface area contributed by atoms with E-state index in [-0.39, 0.29) is 7.43 Å². The summed E-state index contributed by atoms with van der Waals surface area (Å²) < 4.78 is 0. The number of pyridine rings is 2. The Bertz CT molecular complexity index is 2030. The van der Waals surface area contributed by atoms with Gasteiger partial charge < -0.3 is 10.0 Å². The first-order valence-electron chi connectivity index (χ1n) is 19.6. The Morgan fingerprint density at radius 3 is 1.42 bits per heavy atom. The van der Waals surface area contributed by atoms with Gasteiger partial charge in [-0.25, -0.2) is 0 Å². The van der Waals surface area contributed by atoms with Crippen molar-refractivity contribution in [3.05, 3.63) is 161 Å². The third kappa shape index (κ3) is 11.7. The van der Waals surface area contributed by atoms with E-state index in [0.29, 0.717) is 11.4 Å². The van der Waals surface area contributed by atoms with Crippen molar-refractivity contribution in [3.8, 4) is 33.6 Å². The maximum Gasteiger partial charge on any atom is 0.488 e. The molecule has 0 atom stereocenters. The molecule has 2 aromatic heterocycles. The summed E-state index contributed by atoms with van der Waals surface area (Å²) in [7, 11) is -1.34. The molecular formula is C49H56BClN2O2. The smallest absolute Gasteiger partial charge is 0.423 e. The van der Waals surface area contributed by atoms with Crippen LogP contribution in [0.1, 0.15) is 106 Å². The zero-order chi connectivity index (χ0) is 37.7. The SMILES string of the molecule is C.Cc1cnc(-c2ccccc2)cc1-c1ccc(C2CCCCC2)cc1.Cc1cnc(-c2ccccc2)cc1Cl.OB(O)c1ccc(C2CCCCC2)cc1. The van der Waals surface area contributed by atoms with Crippen molar-refractivity contribution < 1.29 is 10.0 Å². The molecule has 2 saturated carbocycles. The van der Waals surface area contributed by atoms with Crippen LogP contribution in [0.2, 0.25) is 5.02 Å². The summed E-state index contributed by atoms with van der Waals surface area (Å²) in [5.74, 6) is 1.45. The molecule has 4 nitrogen and oxygen atoms in total. The predicted octanol–water partition coefficient (Wildman–Crippen LogP) is 12.5. The van der Waals surface area contributed by atoms with Crippen molar-refractivity contribution in [2.24, 2.45) is 0 Å². The standard InChI is InChI=1S/C24H25N.C12H17BO2.C12H10ClN.CH4/c1-18-17-25-24(22-10-6-3-7-11-22)16-23(18)21-14-12-20(13-15-21)19-8-4-2-5-9-19;14-13(15)12-8-6-11(7-9-12)10-4-2-1-3-5-10;1-9-8-14-12(7-11(9)13)10-5-3-2-4-6-10;/h3,6-7,10-17,19H,2,4-5,8-9H2,1H3;6-10,14-15H,1-5H2;2-8H,1H3;1H4. The van der Waals surface area contributed by atoms with Crippen LogP contribution >= 0.6 is 11.6 Å². The van der Waals surface area contributed by atoms with E-state index < -0.39 is 7.12 Å². The lowest BCUT2D eigenvalue weighted by atomic mass is 9.78. The van der Waals surface area contributed by atoms with Crippen LogP contribution in [-0.4, -0.2) is 27.1 Å². The lowest BCUT2D eigenvalue weighted by molar-refractivity contribution is 0.425. The molecule has 0 bridgehead atoms. The highest BCUT2D eigenvalue weighted by Crippen LogP contribution is 2.35. The number of aromatic nitrogens is 2. The lowest BCUT2D eigenvalue weighted by Crippen LogP contribution is -2.29. The van der Waals surface area contributed by atoms with Crippen LogP contribution < -0.4 is 5.46 Å². The molecule has 0 saturated heterocycles. The molecule has 0 radical (unpaired) electrons. The van der Waals surface area contributed by atoms with E-state index >= 15 is 0 Å². The Labute approximate surface area is 334 Å². The molecule has 8 rings (SSSR count). The monoisotopic (exact) mass is 750 g/mol. The number of benzene rings is 4. The van der Waals surface area contributed by atoms with Gasteiger partial charge in [-0.05, 0) is 102 Å². The van der Waals surface area contributed by atoms with Gasteiger partial charge >= 0.3 is 7.12 Å². The van der Waals surface area contributed by atoms with Crippen LogP contribution in [0.3, 0.4) is 0 Å². The second kappa shape index (κ2) is 20.9. The summed E-state index contributed by atoms with van der Waals surface area (Å²) in [6.07, 6.45) is 17.3. The van der Waals surface area contributed by atoms with E-state index in [1.807, 2.05) is 79.9 Å². The van der Waals surface area contributed by atoms with E-state index in [2.05, 4.69) is 71.5 Å². The molecule has 284 valence electrons. The Morgan fingerprint density at radius 2 is 0.964 bits per heavy atom. The van der Waals surface area contributed by atoms with Crippen molar-refractivity contribution in [2.45, 2.75) is 97.3 Å². The number of hydrogen-bond donors (Lipinski definition) is 2. The van der Waals surface area contributed by atoms with Crippen LogP contribution in [0.4, 0.5) is 0 Å². The van der Waals surface area contributed by atoms with E-state index in [9.17, 15) is 0 Å². The summed E-state index contributed by atoms with van der Waals surface area (Å²) in [4.78, 5) is 8.95. The Hall–Kier alpha value is -4.55. The number of halogens is 1. The van der Waals surface area contributed by atoms with E-state index in [4.69, 9.17) is 21.6 Å². The van der Waals surface area contributed by atoms with Gasteiger partial charge in [0.05, 0.1) is 11.4 Å². The number of hydrogen-bond acceptors (Lipinski definition) is 4. The van der Waals surface area contributed by atoms with Crippen molar-refractivity contribution in [3.63, 3.8) is 0 Å². The maximum atomic E-state index is 8.98. The topological polar surface area (TPSA) is 66.2 Å². The van der Waals surface area contributed by atoms with Crippen molar-refractivity contribution >= 4 is 24.2 Å². The maximum absolute atomic E-state index is 8.98.